The van der Waals surface area contributed by atoms with E-state index in [0.717, 1.165) is 26.1 Å². The van der Waals surface area contributed by atoms with Crippen LogP contribution < -0.4 is 15.4 Å². The molecular formula is C20H21N3O3. The van der Waals surface area contributed by atoms with Gasteiger partial charge in [0.25, 0.3) is 11.8 Å². The number of benzene rings is 2. The molecule has 0 aliphatic carbocycles. The molecule has 0 unspecified atom stereocenters. The van der Waals surface area contributed by atoms with Gasteiger partial charge < -0.3 is 15.4 Å². The van der Waals surface area contributed by atoms with E-state index in [0.29, 0.717) is 17.0 Å². The first-order valence-electron chi connectivity index (χ1n) is 8.81. The smallest absolute Gasteiger partial charge is 0.262 e. The van der Waals surface area contributed by atoms with Crippen molar-refractivity contribution in [2.45, 2.75) is 19.0 Å². The molecule has 0 bridgehead atoms. The summed E-state index contributed by atoms with van der Waals surface area (Å²) in [5.41, 5.74) is 2.43. The molecule has 1 fully saturated rings. The molecule has 6 heteroatoms. The molecule has 2 aliphatic heterocycles. The van der Waals surface area contributed by atoms with Gasteiger partial charge in [0.2, 0.25) is 0 Å². The molecule has 2 aromatic carbocycles. The van der Waals surface area contributed by atoms with E-state index in [-0.39, 0.29) is 24.5 Å². The molecular weight excluding hydrogens is 330 g/mol. The molecule has 2 N–H and O–H groups in total. The van der Waals surface area contributed by atoms with Crippen LogP contribution in [0.15, 0.2) is 48.5 Å². The zero-order valence-electron chi connectivity index (χ0n) is 14.4. The number of carbonyl (C=O) groups is 2. The lowest BCUT2D eigenvalue weighted by Crippen LogP contribution is -2.37. The number of anilines is 1. The van der Waals surface area contributed by atoms with Crippen LogP contribution in [0.1, 0.15) is 22.3 Å². The van der Waals surface area contributed by atoms with E-state index in [4.69, 9.17) is 4.74 Å². The van der Waals surface area contributed by atoms with Gasteiger partial charge in [-0.25, -0.2) is 0 Å². The van der Waals surface area contributed by atoms with E-state index in [2.05, 4.69) is 27.7 Å². The van der Waals surface area contributed by atoms with Gasteiger partial charge in [-0.05, 0) is 30.2 Å². The number of ether oxygens (including phenoxy) is 1. The standard InChI is InChI=1S/C20H21N3O3/c24-19-13-26-18-10-15(6-7-17(18)22-19)20(25)21-16-8-9-23(12-16)11-14-4-2-1-3-5-14/h1-7,10,16H,8-9,11-13H2,(H,21,25)(H,22,24)/t16-/m1/s1. The SMILES string of the molecule is O=C1COc2cc(C(=O)N[C@@H]3CCN(Cc4ccccc4)C3)ccc2N1. The molecule has 0 saturated carbocycles. The largest absolute Gasteiger partial charge is 0.482 e. The van der Waals surface area contributed by atoms with Gasteiger partial charge in [0.05, 0.1) is 5.69 Å². The van der Waals surface area contributed by atoms with Crippen LogP contribution in [0, 0.1) is 0 Å². The van der Waals surface area contributed by atoms with Gasteiger partial charge in [0, 0.05) is 31.2 Å². The highest BCUT2D eigenvalue weighted by Crippen LogP contribution is 2.28. The maximum atomic E-state index is 12.5. The highest BCUT2D eigenvalue weighted by Gasteiger charge is 2.25. The summed E-state index contributed by atoms with van der Waals surface area (Å²) in [6, 6.07) is 15.6. The first-order chi connectivity index (χ1) is 12.7. The summed E-state index contributed by atoms with van der Waals surface area (Å²) in [6.07, 6.45) is 0.941. The Hall–Kier alpha value is -2.86. The highest BCUT2D eigenvalue weighted by atomic mass is 16.5. The fraction of sp³-hybridized carbons (Fsp3) is 0.300. The van der Waals surface area contributed by atoms with Gasteiger partial charge in [0.15, 0.2) is 6.61 Å². The van der Waals surface area contributed by atoms with Crippen LogP contribution in [0.5, 0.6) is 5.75 Å². The summed E-state index contributed by atoms with van der Waals surface area (Å²) < 4.78 is 5.38. The Morgan fingerprint density at radius 2 is 2.08 bits per heavy atom. The summed E-state index contributed by atoms with van der Waals surface area (Å²) in [4.78, 5) is 26.2. The van der Waals surface area contributed by atoms with E-state index >= 15 is 0 Å². The summed E-state index contributed by atoms with van der Waals surface area (Å²) in [7, 11) is 0. The van der Waals surface area contributed by atoms with E-state index < -0.39 is 0 Å². The maximum absolute atomic E-state index is 12.5. The molecule has 0 radical (unpaired) electrons. The molecule has 0 aromatic heterocycles. The van der Waals surface area contributed by atoms with Crippen LogP contribution in [0.2, 0.25) is 0 Å². The molecule has 2 aliphatic rings. The van der Waals surface area contributed by atoms with Crippen molar-refractivity contribution in [3.63, 3.8) is 0 Å². The number of hydrogen-bond donors (Lipinski definition) is 2. The van der Waals surface area contributed by atoms with Gasteiger partial charge >= 0.3 is 0 Å². The molecule has 26 heavy (non-hydrogen) atoms. The Kier molecular flexibility index (Phi) is 4.58. The van der Waals surface area contributed by atoms with Crippen molar-refractivity contribution in [1.82, 2.24) is 10.2 Å². The van der Waals surface area contributed by atoms with Crippen molar-refractivity contribution in [1.29, 1.82) is 0 Å². The monoisotopic (exact) mass is 351 g/mol. The Morgan fingerprint density at radius 3 is 2.92 bits per heavy atom. The second-order valence-corrected chi connectivity index (χ2v) is 6.73. The van der Waals surface area contributed by atoms with E-state index in [1.54, 1.807) is 18.2 Å². The molecule has 134 valence electrons. The number of hydrogen-bond acceptors (Lipinski definition) is 4. The molecule has 4 rings (SSSR count). The lowest BCUT2D eigenvalue weighted by molar-refractivity contribution is -0.118. The summed E-state index contributed by atoms with van der Waals surface area (Å²) >= 11 is 0. The van der Waals surface area contributed by atoms with Crippen LogP contribution in [0.25, 0.3) is 0 Å². The van der Waals surface area contributed by atoms with E-state index in [1.165, 1.54) is 5.56 Å². The minimum Gasteiger partial charge on any atom is -0.482 e. The Bertz CT molecular complexity index is 822. The fourth-order valence-electron chi connectivity index (χ4n) is 3.42. The minimum absolute atomic E-state index is 0.0187. The Balaban J connectivity index is 1.35. The van der Waals surface area contributed by atoms with Crippen LogP contribution in [-0.2, 0) is 11.3 Å². The van der Waals surface area contributed by atoms with Gasteiger partial charge in [-0.1, -0.05) is 30.3 Å². The number of nitrogens with one attached hydrogen (secondary N) is 2. The quantitative estimate of drug-likeness (QED) is 0.884. The number of rotatable bonds is 4. The van der Waals surface area contributed by atoms with Gasteiger partial charge in [-0.15, -0.1) is 0 Å². The molecule has 1 saturated heterocycles. The Labute approximate surface area is 152 Å². The zero-order chi connectivity index (χ0) is 17.9. The molecule has 2 heterocycles. The third-order valence-electron chi connectivity index (χ3n) is 4.73. The number of amides is 2. The lowest BCUT2D eigenvalue weighted by atomic mass is 10.1. The number of carbonyl (C=O) groups excluding carboxylic acids is 2. The summed E-state index contributed by atoms with van der Waals surface area (Å²) in [5.74, 6) is 0.244. The first-order valence-corrected chi connectivity index (χ1v) is 8.81. The average molecular weight is 351 g/mol. The Morgan fingerprint density at radius 1 is 1.23 bits per heavy atom. The second-order valence-electron chi connectivity index (χ2n) is 6.73. The molecule has 2 aromatic rings. The van der Waals surface area contributed by atoms with Crippen LogP contribution >= 0.6 is 0 Å². The van der Waals surface area contributed by atoms with Gasteiger partial charge in [0.1, 0.15) is 5.75 Å². The minimum atomic E-state index is -0.181. The third-order valence-corrected chi connectivity index (χ3v) is 4.73. The highest BCUT2D eigenvalue weighted by molar-refractivity contribution is 5.99. The van der Waals surface area contributed by atoms with E-state index in [1.807, 2.05) is 18.2 Å². The molecule has 2 amide bonds. The van der Waals surface area contributed by atoms with Gasteiger partial charge in [-0.2, -0.15) is 0 Å². The van der Waals surface area contributed by atoms with Gasteiger partial charge in [-0.3, -0.25) is 14.5 Å². The molecule has 1 atom stereocenters. The van der Waals surface area contributed by atoms with Crippen molar-refractivity contribution in [3.8, 4) is 5.75 Å². The number of nitrogens with zero attached hydrogens (tertiary/aromatic N) is 1. The predicted molar refractivity (Wildman–Crippen MR) is 98.2 cm³/mol. The van der Waals surface area contributed by atoms with Crippen LogP contribution in [0.4, 0.5) is 5.69 Å². The van der Waals surface area contributed by atoms with Crippen molar-refractivity contribution < 1.29 is 14.3 Å². The molecule has 6 nitrogen and oxygen atoms in total. The average Bonchev–Trinajstić information content (AvgIpc) is 3.08. The van der Waals surface area contributed by atoms with E-state index in [9.17, 15) is 9.59 Å². The predicted octanol–water partition coefficient (Wildman–Crippen LogP) is 2.02. The normalized spacial score (nSPS) is 19.4. The first kappa shape index (κ1) is 16.6. The van der Waals surface area contributed by atoms with Crippen LogP contribution in [0.3, 0.4) is 0 Å². The fourth-order valence-corrected chi connectivity index (χ4v) is 3.42. The maximum Gasteiger partial charge on any atom is 0.262 e. The summed E-state index contributed by atoms with van der Waals surface area (Å²) in [5, 5.41) is 5.83. The summed E-state index contributed by atoms with van der Waals surface area (Å²) in [6.45, 7) is 2.70. The second kappa shape index (κ2) is 7.17. The topological polar surface area (TPSA) is 70.7 Å². The molecule has 0 spiro atoms. The van der Waals surface area contributed by atoms with Crippen molar-refractivity contribution in [3.05, 3.63) is 59.7 Å². The number of likely N-dealkylation sites (tertiary alicyclic amines) is 1. The number of fused-ring (bicyclic) bond motifs is 1. The van der Waals surface area contributed by atoms with Crippen molar-refractivity contribution in [2.75, 3.05) is 25.0 Å². The van der Waals surface area contributed by atoms with Crippen molar-refractivity contribution in [2.24, 2.45) is 0 Å². The van der Waals surface area contributed by atoms with Crippen LogP contribution in [-0.4, -0.2) is 42.5 Å². The van der Waals surface area contributed by atoms with Crippen molar-refractivity contribution >= 4 is 17.5 Å². The lowest BCUT2D eigenvalue weighted by Gasteiger charge is -2.19. The zero-order valence-corrected chi connectivity index (χ0v) is 14.4. The third kappa shape index (κ3) is 3.70.